The molecule has 0 radical (unpaired) electrons. The summed E-state index contributed by atoms with van der Waals surface area (Å²) in [5.41, 5.74) is 6.02. The summed E-state index contributed by atoms with van der Waals surface area (Å²) in [5.74, 6) is 0.263. The van der Waals surface area contributed by atoms with Crippen LogP contribution >= 0.6 is 24.0 Å². The van der Waals surface area contributed by atoms with Gasteiger partial charge in [-0.3, -0.25) is 4.79 Å². The second-order valence-corrected chi connectivity index (χ2v) is 3.53. The highest BCUT2D eigenvalue weighted by Crippen LogP contribution is 2.27. The molecule has 0 aliphatic heterocycles. The van der Waals surface area contributed by atoms with Crippen LogP contribution in [0.3, 0.4) is 0 Å². The molecule has 0 unspecified atom stereocenters. The van der Waals surface area contributed by atoms with Crippen molar-refractivity contribution in [2.24, 2.45) is 5.73 Å². The van der Waals surface area contributed by atoms with Gasteiger partial charge in [-0.25, -0.2) is 0 Å². The van der Waals surface area contributed by atoms with Crippen molar-refractivity contribution < 1.29 is 9.53 Å². The van der Waals surface area contributed by atoms with E-state index in [1.54, 1.807) is 25.1 Å². The molecule has 16 heavy (non-hydrogen) atoms. The Morgan fingerprint density at radius 2 is 2.19 bits per heavy atom. The summed E-state index contributed by atoms with van der Waals surface area (Å²) in [4.78, 5) is 11.3. The zero-order chi connectivity index (χ0) is 11.4. The van der Waals surface area contributed by atoms with E-state index in [9.17, 15) is 4.79 Å². The van der Waals surface area contributed by atoms with Crippen LogP contribution in [0, 0.1) is 0 Å². The molecule has 0 spiro atoms. The van der Waals surface area contributed by atoms with E-state index in [0.29, 0.717) is 16.5 Å². The number of methoxy groups -OCH3 is 1. The normalized spacial score (nSPS) is 11.2. The summed E-state index contributed by atoms with van der Waals surface area (Å²) in [6, 6.07) is 4.43. The number of ether oxygens (including phenoxy) is 1. The van der Waals surface area contributed by atoms with E-state index in [1.807, 2.05) is 0 Å². The molecule has 1 rings (SSSR count). The average Bonchev–Trinajstić information content (AvgIpc) is 2.20. The van der Waals surface area contributed by atoms with E-state index < -0.39 is 6.04 Å². The largest absolute Gasteiger partial charge is 0.495 e. The molecule has 1 aromatic carbocycles. The van der Waals surface area contributed by atoms with Gasteiger partial charge in [-0.05, 0) is 19.1 Å². The SMILES string of the molecule is COc1cc(NC(=O)[C@H](C)N)ccc1Cl.Cl. The Bertz CT molecular complexity index is 370. The average molecular weight is 265 g/mol. The molecule has 1 atom stereocenters. The van der Waals surface area contributed by atoms with Gasteiger partial charge in [-0.15, -0.1) is 12.4 Å². The van der Waals surface area contributed by atoms with Crippen LogP contribution < -0.4 is 15.8 Å². The Morgan fingerprint density at radius 3 is 2.69 bits per heavy atom. The lowest BCUT2D eigenvalue weighted by Gasteiger charge is -2.09. The van der Waals surface area contributed by atoms with Crippen LogP contribution in [0.1, 0.15) is 6.92 Å². The maximum atomic E-state index is 11.3. The molecule has 0 heterocycles. The quantitative estimate of drug-likeness (QED) is 0.879. The van der Waals surface area contributed by atoms with Gasteiger partial charge in [0.1, 0.15) is 5.75 Å². The predicted octanol–water partition coefficient (Wildman–Crippen LogP) is 2.06. The van der Waals surface area contributed by atoms with Crippen LogP contribution in [-0.4, -0.2) is 19.1 Å². The van der Waals surface area contributed by atoms with E-state index in [2.05, 4.69) is 5.32 Å². The van der Waals surface area contributed by atoms with Crippen LogP contribution in [0.5, 0.6) is 5.75 Å². The third kappa shape index (κ3) is 3.89. The van der Waals surface area contributed by atoms with Gasteiger partial charge in [-0.1, -0.05) is 11.6 Å². The van der Waals surface area contributed by atoms with Crippen molar-refractivity contribution in [3.63, 3.8) is 0 Å². The number of anilines is 1. The first-order chi connectivity index (χ1) is 7.04. The molecule has 6 heteroatoms. The zero-order valence-electron chi connectivity index (χ0n) is 8.99. The summed E-state index contributed by atoms with van der Waals surface area (Å²) >= 11 is 5.83. The number of nitrogens with two attached hydrogens (primary N) is 1. The highest BCUT2D eigenvalue weighted by Gasteiger charge is 2.08. The van der Waals surface area contributed by atoms with Crippen LogP contribution in [0.2, 0.25) is 5.02 Å². The van der Waals surface area contributed by atoms with Crippen molar-refractivity contribution in [2.45, 2.75) is 13.0 Å². The highest BCUT2D eigenvalue weighted by molar-refractivity contribution is 6.32. The monoisotopic (exact) mass is 264 g/mol. The van der Waals surface area contributed by atoms with Crippen molar-refractivity contribution >= 4 is 35.6 Å². The van der Waals surface area contributed by atoms with Crippen molar-refractivity contribution in [3.8, 4) is 5.75 Å². The first kappa shape index (κ1) is 15.0. The molecule has 0 aliphatic carbocycles. The number of hydrogen-bond donors (Lipinski definition) is 2. The van der Waals surface area contributed by atoms with E-state index in [1.165, 1.54) is 7.11 Å². The third-order valence-electron chi connectivity index (χ3n) is 1.83. The number of hydrogen-bond acceptors (Lipinski definition) is 3. The molecular formula is C10H14Cl2N2O2. The van der Waals surface area contributed by atoms with Crippen molar-refractivity contribution in [1.29, 1.82) is 0 Å². The first-order valence-corrected chi connectivity index (χ1v) is 4.82. The topological polar surface area (TPSA) is 64.3 Å². The molecule has 0 aliphatic rings. The Balaban J connectivity index is 0.00000225. The van der Waals surface area contributed by atoms with Gasteiger partial charge < -0.3 is 15.8 Å². The molecule has 0 saturated carbocycles. The molecule has 4 nitrogen and oxygen atoms in total. The lowest BCUT2D eigenvalue weighted by molar-refractivity contribution is -0.117. The summed E-state index contributed by atoms with van der Waals surface area (Å²) in [7, 11) is 1.51. The fourth-order valence-corrected chi connectivity index (χ4v) is 1.19. The molecule has 1 amide bonds. The minimum absolute atomic E-state index is 0. The number of carbonyl (C=O) groups excluding carboxylic acids is 1. The maximum absolute atomic E-state index is 11.3. The number of rotatable bonds is 3. The van der Waals surface area contributed by atoms with Gasteiger partial charge in [-0.2, -0.15) is 0 Å². The van der Waals surface area contributed by atoms with Crippen LogP contribution in [0.25, 0.3) is 0 Å². The summed E-state index contributed by atoms with van der Waals surface area (Å²) in [6.07, 6.45) is 0. The third-order valence-corrected chi connectivity index (χ3v) is 2.14. The molecule has 90 valence electrons. The molecule has 3 N–H and O–H groups in total. The number of carbonyl (C=O) groups is 1. The highest BCUT2D eigenvalue weighted by atomic mass is 35.5. The zero-order valence-corrected chi connectivity index (χ0v) is 10.6. The summed E-state index contributed by atoms with van der Waals surface area (Å²) in [6.45, 7) is 1.61. The second-order valence-electron chi connectivity index (χ2n) is 3.13. The smallest absolute Gasteiger partial charge is 0.241 e. The maximum Gasteiger partial charge on any atom is 0.241 e. The predicted molar refractivity (Wildman–Crippen MR) is 67.5 cm³/mol. The standard InChI is InChI=1S/C10H13ClN2O2.ClH/c1-6(12)10(14)13-7-3-4-8(11)9(5-7)15-2;/h3-6H,12H2,1-2H3,(H,13,14);1H/t6-;/m0./s1. The van der Waals surface area contributed by atoms with Crippen molar-refractivity contribution in [3.05, 3.63) is 23.2 Å². The summed E-state index contributed by atoms with van der Waals surface area (Å²) in [5, 5.41) is 3.14. The Hall–Kier alpha value is -0.970. The minimum atomic E-state index is -0.549. The fraction of sp³-hybridized carbons (Fsp3) is 0.300. The van der Waals surface area contributed by atoms with Gasteiger partial charge in [0.15, 0.2) is 0 Å². The molecule has 1 aromatic rings. The number of amides is 1. The number of halogens is 2. The Labute approximate surface area is 106 Å². The lowest BCUT2D eigenvalue weighted by atomic mass is 10.2. The number of benzene rings is 1. The minimum Gasteiger partial charge on any atom is -0.495 e. The molecular weight excluding hydrogens is 251 g/mol. The Morgan fingerprint density at radius 1 is 1.56 bits per heavy atom. The van der Waals surface area contributed by atoms with Gasteiger partial charge in [0.05, 0.1) is 18.2 Å². The van der Waals surface area contributed by atoms with E-state index >= 15 is 0 Å². The van der Waals surface area contributed by atoms with Gasteiger partial charge >= 0.3 is 0 Å². The second kappa shape index (κ2) is 6.58. The molecule has 0 saturated heterocycles. The molecule has 0 aromatic heterocycles. The summed E-state index contributed by atoms with van der Waals surface area (Å²) < 4.78 is 5.01. The van der Waals surface area contributed by atoms with Crippen molar-refractivity contribution in [2.75, 3.05) is 12.4 Å². The van der Waals surface area contributed by atoms with Gasteiger partial charge in [0, 0.05) is 11.8 Å². The fourth-order valence-electron chi connectivity index (χ4n) is 0.994. The molecule has 0 bridgehead atoms. The number of nitrogens with one attached hydrogen (secondary N) is 1. The first-order valence-electron chi connectivity index (χ1n) is 4.44. The van der Waals surface area contributed by atoms with E-state index in [-0.39, 0.29) is 18.3 Å². The van der Waals surface area contributed by atoms with Crippen LogP contribution in [-0.2, 0) is 4.79 Å². The molecule has 0 fully saturated rings. The van der Waals surface area contributed by atoms with Gasteiger partial charge in [0.2, 0.25) is 5.91 Å². The van der Waals surface area contributed by atoms with Crippen LogP contribution in [0.15, 0.2) is 18.2 Å². The van der Waals surface area contributed by atoms with Crippen LogP contribution in [0.4, 0.5) is 5.69 Å². The van der Waals surface area contributed by atoms with E-state index in [4.69, 9.17) is 22.1 Å². The Kier molecular flexibility index (Phi) is 6.18. The van der Waals surface area contributed by atoms with E-state index in [0.717, 1.165) is 0 Å². The van der Waals surface area contributed by atoms with Crippen molar-refractivity contribution in [1.82, 2.24) is 0 Å². The van der Waals surface area contributed by atoms with Gasteiger partial charge in [0.25, 0.3) is 0 Å². The lowest BCUT2D eigenvalue weighted by Crippen LogP contribution is -2.32.